The van der Waals surface area contributed by atoms with Crippen molar-refractivity contribution in [3.8, 4) is 10.6 Å². The van der Waals surface area contributed by atoms with Crippen molar-refractivity contribution >= 4 is 17.2 Å². The summed E-state index contributed by atoms with van der Waals surface area (Å²) in [5.41, 5.74) is 3.12. The van der Waals surface area contributed by atoms with Crippen LogP contribution in [0.3, 0.4) is 0 Å². The quantitative estimate of drug-likeness (QED) is 0.698. The van der Waals surface area contributed by atoms with Crippen LogP contribution in [-0.4, -0.2) is 22.8 Å². The van der Waals surface area contributed by atoms with Crippen molar-refractivity contribution in [2.75, 3.05) is 7.05 Å². The molecule has 2 heterocycles. The molecule has 0 bridgehead atoms. The summed E-state index contributed by atoms with van der Waals surface area (Å²) in [5.74, 6) is 1.68. The minimum atomic E-state index is 0.0322. The Morgan fingerprint density at radius 1 is 1.17 bits per heavy atom. The molecule has 0 fully saturated rings. The number of aryl methyl sites for hydroxylation is 2. The molecule has 0 aliphatic heterocycles. The molecule has 1 amide bonds. The van der Waals surface area contributed by atoms with Crippen LogP contribution in [-0.2, 0) is 17.8 Å². The van der Waals surface area contributed by atoms with Crippen molar-refractivity contribution in [2.24, 2.45) is 0 Å². The van der Waals surface area contributed by atoms with Gasteiger partial charge in [-0.1, -0.05) is 29.8 Å². The van der Waals surface area contributed by atoms with Crippen molar-refractivity contribution in [3.63, 3.8) is 0 Å². The maximum atomic E-state index is 12.4. The van der Waals surface area contributed by atoms with Gasteiger partial charge in [-0.15, -0.1) is 11.3 Å². The van der Waals surface area contributed by atoms with E-state index in [-0.39, 0.29) is 5.91 Å². The molecule has 5 heteroatoms. The first kappa shape index (κ1) is 16.5. The van der Waals surface area contributed by atoms with Crippen LogP contribution < -0.4 is 0 Å². The Labute approximate surface area is 145 Å². The van der Waals surface area contributed by atoms with Crippen LogP contribution in [0, 0.1) is 13.8 Å². The van der Waals surface area contributed by atoms with E-state index in [0.29, 0.717) is 13.0 Å². The minimum absolute atomic E-state index is 0.0322. The van der Waals surface area contributed by atoms with Crippen LogP contribution in [0.25, 0.3) is 10.6 Å². The monoisotopic (exact) mass is 340 g/mol. The summed E-state index contributed by atoms with van der Waals surface area (Å²) < 4.78 is 5.52. The van der Waals surface area contributed by atoms with E-state index in [0.717, 1.165) is 27.8 Å². The van der Waals surface area contributed by atoms with Gasteiger partial charge in [0.15, 0.2) is 0 Å². The zero-order chi connectivity index (χ0) is 17.1. The maximum absolute atomic E-state index is 12.4. The molecule has 3 rings (SSSR count). The van der Waals surface area contributed by atoms with E-state index >= 15 is 0 Å². The molecule has 3 aromatic rings. The van der Waals surface area contributed by atoms with Gasteiger partial charge in [-0.2, -0.15) is 0 Å². The third kappa shape index (κ3) is 3.92. The normalized spacial score (nSPS) is 10.8. The molecular formula is C19H20N2O2S. The number of carbonyl (C=O) groups excluding carboxylic acids is 1. The molecule has 0 saturated heterocycles. The van der Waals surface area contributed by atoms with Gasteiger partial charge in [0.2, 0.25) is 5.91 Å². The molecule has 0 saturated carbocycles. The predicted octanol–water partition coefficient (Wildman–Crippen LogP) is 4.22. The van der Waals surface area contributed by atoms with E-state index in [9.17, 15) is 4.79 Å². The smallest absolute Gasteiger partial charge is 0.228 e. The van der Waals surface area contributed by atoms with Crippen LogP contribution in [0.5, 0.6) is 0 Å². The van der Waals surface area contributed by atoms with E-state index in [1.54, 1.807) is 23.3 Å². The number of benzene rings is 1. The Kier molecular flexibility index (Phi) is 4.81. The Balaban J connectivity index is 1.63. The van der Waals surface area contributed by atoms with Crippen LogP contribution in [0.2, 0.25) is 0 Å². The molecule has 0 radical (unpaired) electrons. The maximum Gasteiger partial charge on any atom is 0.228 e. The molecule has 24 heavy (non-hydrogen) atoms. The summed E-state index contributed by atoms with van der Waals surface area (Å²) >= 11 is 1.57. The third-order valence-corrected chi connectivity index (χ3v) is 4.74. The van der Waals surface area contributed by atoms with E-state index in [2.05, 4.69) is 36.2 Å². The number of hydrogen-bond donors (Lipinski definition) is 0. The summed E-state index contributed by atoms with van der Waals surface area (Å²) in [4.78, 5) is 18.6. The van der Waals surface area contributed by atoms with Gasteiger partial charge in [-0.25, -0.2) is 4.98 Å². The second-order valence-electron chi connectivity index (χ2n) is 5.95. The van der Waals surface area contributed by atoms with Crippen molar-refractivity contribution in [3.05, 3.63) is 64.6 Å². The molecule has 0 N–H and O–H groups in total. The lowest BCUT2D eigenvalue weighted by molar-refractivity contribution is -0.129. The first-order valence-electron chi connectivity index (χ1n) is 7.82. The van der Waals surface area contributed by atoms with E-state index in [4.69, 9.17) is 4.42 Å². The Morgan fingerprint density at radius 2 is 1.92 bits per heavy atom. The predicted molar refractivity (Wildman–Crippen MR) is 95.9 cm³/mol. The van der Waals surface area contributed by atoms with E-state index in [1.807, 2.05) is 24.4 Å². The van der Waals surface area contributed by atoms with Crippen molar-refractivity contribution in [1.29, 1.82) is 0 Å². The Morgan fingerprint density at radius 3 is 2.58 bits per heavy atom. The summed E-state index contributed by atoms with van der Waals surface area (Å²) in [6.07, 6.45) is 0.304. The van der Waals surface area contributed by atoms with Crippen molar-refractivity contribution < 1.29 is 9.21 Å². The highest BCUT2D eigenvalue weighted by Gasteiger charge is 2.14. The summed E-state index contributed by atoms with van der Waals surface area (Å²) in [6, 6.07) is 12.1. The van der Waals surface area contributed by atoms with E-state index < -0.39 is 0 Å². The topological polar surface area (TPSA) is 46.3 Å². The number of carbonyl (C=O) groups is 1. The third-order valence-electron chi connectivity index (χ3n) is 3.80. The average molecular weight is 340 g/mol. The van der Waals surface area contributed by atoms with Gasteiger partial charge in [0.1, 0.15) is 16.5 Å². The zero-order valence-corrected chi connectivity index (χ0v) is 14.9. The molecule has 4 nitrogen and oxygen atoms in total. The second kappa shape index (κ2) is 7.01. The van der Waals surface area contributed by atoms with Gasteiger partial charge < -0.3 is 9.32 Å². The number of hydrogen-bond acceptors (Lipinski definition) is 4. The Hall–Kier alpha value is -2.40. The molecule has 0 atom stereocenters. The van der Waals surface area contributed by atoms with Crippen LogP contribution in [0.15, 0.2) is 46.2 Å². The lowest BCUT2D eigenvalue weighted by Gasteiger charge is -2.14. The fourth-order valence-electron chi connectivity index (χ4n) is 2.40. The molecule has 0 aliphatic rings. The SMILES string of the molecule is Cc1ccc(-c2nc(CC(=O)N(C)Cc3ccc(C)o3)cs2)cc1. The van der Waals surface area contributed by atoms with Crippen LogP contribution in [0.4, 0.5) is 0 Å². The van der Waals surface area contributed by atoms with E-state index in [1.165, 1.54) is 5.56 Å². The average Bonchev–Trinajstić information content (AvgIpc) is 3.17. The first-order chi connectivity index (χ1) is 11.5. The lowest BCUT2D eigenvalue weighted by atomic mass is 10.2. The van der Waals surface area contributed by atoms with Crippen molar-refractivity contribution in [1.82, 2.24) is 9.88 Å². The van der Waals surface area contributed by atoms with Gasteiger partial charge in [0.25, 0.3) is 0 Å². The van der Waals surface area contributed by atoms with Gasteiger partial charge >= 0.3 is 0 Å². The molecule has 2 aromatic heterocycles. The zero-order valence-electron chi connectivity index (χ0n) is 14.1. The molecule has 0 unspecified atom stereocenters. The first-order valence-corrected chi connectivity index (χ1v) is 8.70. The van der Waals surface area contributed by atoms with Gasteiger partial charge in [0, 0.05) is 18.0 Å². The number of aromatic nitrogens is 1. The molecule has 124 valence electrons. The van der Waals surface area contributed by atoms with Crippen LogP contribution in [0.1, 0.15) is 22.8 Å². The summed E-state index contributed by atoms with van der Waals surface area (Å²) in [7, 11) is 1.79. The number of thiazole rings is 1. The fourth-order valence-corrected chi connectivity index (χ4v) is 3.22. The number of furan rings is 1. The summed E-state index contributed by atoms with van der Waals surface area (Å²) in [6.45, 7) is 4.43. The molecule has 0 aliphatic carbocycles. The van der Waals surface area contributed by atoms with Gasteiger partial charge in [0.05, 0.1) is 18.7 Å². The largest absolute Gasteiger partial charge is 0.464 e. The van der Waals surface area contributed by atoms with Crippen molar-refractivity contribution in [2.45, 2.75) is 26.8 Å². The van der Waals surface area contributed by atoms with Gasteiger partial charge in [-0.05, 0) is 26.0 Å². The molecule has 1 aromatic carbocycles. The highest BCUT2D eigenvalue weighted by atomic mass is 32.1. The number of nitrogens with zero attached hydrogens (tertiary/aromatic N) is 2. The highest BCUT2D eigenvalue weighted by Crippen LogP contribution is 2.24. The summed E-state index contributed by atoms with van der Waals surface area (Å²) in [5, 5.41) is 2.90. The fraction of sp³-hybridized carbons (Fsp3) is 0.263. The minimum Gasteiger partial charge on any atom is -0.464 e. The number of likely N-dealkylation sites (N-methyl/N-ethyl adjacent to an activating group) is 1. The van der Waals surface area contributed by atoms with Gasteiger partial charge in [-0.3, -0.25) is 4.79 Å². The number of amides is 1. The lowest BCUT2D eigenvalue weighted by Crippen LogP contribution is -2.27. The molecule has 0 spiro atoms. The second-order valence-corrected chi connectivity index (χ2v) is 6.81. The Bertz CT molecular complexity index is 833. The van der Waals surface area contributed by atoms with Crippen LogP contribution >= 0.6 is 11.3 Å². The number of rotatable bonds is 5. The standard InChI is InChI=1S/C19H20N2O2S/c1-13-4-7-15(8-5-13)19-20-16(12-24-19)10-18(22)21(3)11-17-9-6-14(2)23-17/h4-9,12H,10-11H2,1-3H3. The highest BCUT2D eigenvalue weighted by molar-refractivity contribution is 7.13. The molecular weight excluding hydrogens is 320 g/mol.